The number of methoxy groups -OCH3 is 1. The summed E-state index contributed by atoms with van der Waals surface area (Å²) in [5.41, 5.74) is 1.15. The Morgan fingerprint density at radius 2 is 2.05 bits per heavy atom. The van der Waals surface area contributed by atoms with Crippen molar-refractivity contribution >= 4 is 5.91 Å². The summed E-state index contributed by atoms with van der Waals surface area (Å²) in [4.78, 5) is 14.3. The summed E-state index contributed by atoms with van der Waals surface area (Å²) >= 11 is 0. The maximum atomic E-state index is 12.3. The second kappa shape index (κ2) is 7.29. The highest BCUT2D eigenvalue weighted by atomic mass is 16.5. The van der Waals surface area contributed by atoms with E-state index in [2.05, 4.69) is 12.2 Å². The van der Waals surface area contributed by atoms with Crippen molar-refractivity contribution in [3.63, 3.8) is 0 Å². The molecule has 1 N–H and O–H groups in total. The molecule has 1 aromatic rings. The maximum Gasteiger partial charge on any atom is 0.237 e. The number of hydrogen-bond acceptors (Lipinski definition) is 3. The zero-order valence-electron chi connectivity index (χ0n) is 12.4. The summed E-state index contributed by atoms with van der Waals surface area (Å²) in [7, 11) is 1.66. The van der Waals surface area contributed by atoms with Gasteiger partial charge in [-0.3, -0.25) is 4.79 Å². The molecule has 1 aliphatic carbocycles. The third-order valence-corrected chi connectivity index (χ3v) is 3.52. The van der Waals surface area contributed by atoms with E-state index in [9.17, 15) is 4.79 Å². The van der Waals surface area contributed by atoms with Gasteiger partial charge in [0.1, 0.15) is 5.75 Å². The Bertz CT molecular complexity index is 427. The number of carbonyl (C=O) groups is 1. The van der Waals surface area contributed by atoms with Gasteiger partial charge in [-0.05, 0) is 43.5 Å². The molecule has 1 fully saturated rings. The summed E-state index contributed by atoms with van der Waals surface area (Å²) in [6.07, 6.45) is 3.32. The molecule has 110 valence electrons. The first-order valence-corrected chi connectivity index (χ1v) is 7.37. The van der Waals surface area contributed by atoms with Gasteiger partial charge < -0.3 is 15.0 Å². The number of hydrogen-bond donors (Lipinski definition) is 1. The number of benzene rings is 1. The van der Waals surface area contributed by atoms with Crippen molar-refractivity contribution in [3.05, 3.63) is 29.8 Å². The third kappa shape index (κ3) is 4.23. The molecule has 0 unspecified atom stereocenters. The lowest BCUT2D eigenvalue weighted by Crippen LogP contribution is -2.39. The van der Waals surface area contributed by atoms with Crippen LogP contribution in [0.25, 0.3) is 0 Å². The third-order valence-electron chi connectivity index (χ3n) is 3.52. The molecular weight excluding hydrogens is 252 g/mol. The van der Waals surface area contributed by atoms with Crippen molar-refractivity contribution in [1.82, 2.24) is 10.2 Å². The Balaban J connectivity index is 1.92. The molecule has 2 rings (SSSR count). The van der Waals surface area contributed by atoms with E-state index < -0.39 is 0 Å². The van der Waals surface area contributed by atoms with Crippen LogP contribution in [-0.2, 0) is 11.3 Å². The minimum atomic E-state index is 0.205. The van der Waals surface area contributed by atoms with Crippen LogP contribution in [0.3, 0.4) is 0 Å². The van der Waals surface area contributed by atoms with Gasteiger partial charge in [-0.15, -0.1) is 0 Å². The van der Waals surface area contributed by atoms with Gasteiger partial charge in [0.05, 0.1) is 13.7 Å². The average Bonchev–Trinajstić information content (AvgIpc) is 3.30. The Morgan fingerprint density at radius 1 is 1.35 bits per heavy atom. The van der Waals surface area contributed by atoms with Gasteiger partial charge in [0.15, 0.2) is 0 Å². The fourth-order valence-corrected chi connectivity index (χ4v) is 2.21. The van der Waals surface area contributed by atoms with Crippen molar-refractivity contribution < 1.29 is 9.53 Å². The monoisotopic (exact) mass is 276 g/mol. The van der Waals surface area contributed by atoms with E-state index in [4.69, 9.17) is 4.74 Å². The lowest BCUT2D eigenvalue weighted by atomic mass is 10.2. The average molecular weight is 276 g/mol. The Kier molecular flexibility index (Phi) is 5.41. The van der Waals surface area contributed by atoms with Crippen LogP contribution in [0.15, 0.2) is 24.3 Å². The second-order valence-corrected chi connectivity index (χ2v) is 5.28. The molecular formula is C16H24N2O2. The van der Waals surface area contributed by atoms with Gasteiger partial charge in [-0.25, -0.2) is 0 Å². The maximum absolute atomic E-state index is 12.3. The fourth-order valence-electron chi connectivity index (χ4n) is 2.21. The van der Waals surface area contributed by atoms with Crippen LogP contribution in [0.2, 0.25) is 0 Å². The molecule has 0 aliphatic heterocycles. The number of nitrogens with one attached hydrogen (secondary N) is 1. The molecule has 0 atom stereocenters. The van der Waals surface area contributed by atoms with E-state index in [0.717, 1.165) is 37.1 Å². The molecule has 4 nitrogen and oxygen atoms in total. The van der Waals surface area contributed by atoms with Gasteiger partial charge in [-0.2, -0.15) is 0 Å². The second-order valence-electron chi connectivity index (χ2n) is 5.28. The quantitative estimate of drug-likeness (QED) is 0.740. The van der Waals surface area contributed by atoms with Crippen molar-refractivity contribution in [3.8, 4) is 5.75 Å². The van der Waals surface area contributed by atoms with Crippen LogP contribution in [0.5, 0.6) is 5.75 Å². The van der Waals surface area contributed by atoms with Crippen molar-refractivity contribution in [2.45, 2.75) is 38.8 Å². The zero-order valence-corrected chi connectivity index (χ0v) is 12.4. The summed E-state index contributed by atoms with van der Waals surface area (Å²) in [5, 5.41) is 3.19. The van der Waals surface area contributed by atoms with Crippen LogP contribution in [0.4, 0.5) is 0 Å². The molecule has 4 heteroatoms. The fraction of sp³-hybridized carbons (Fsp3) is 0.562. The highest BCUT2D eigenvalue weighted by Gasteiger charge is 2.32. The Labute approximate surface area is 121 Å². The van der Waals surface area contributed by atoms with Gasteiger partial charge in [0, 0.05) is 12.6 Å². The molecule has 1 aliphatic rings. The van der Waals surface area contributed by atoms with Crippen molar-refractivity contribution in [1.29, 1.82) is 0 Å². The zero-order chi connectivity index (χ0) is 14.4. The van der Waals surface area contributed by atoms with Crippen LogP contribution in [-0.4, -0.2) is 37.0 Å². The number of nitrogens with zero attached hydrogens (tertiary/aromatic N) is 1. The number of carbonyl (C=O) groups excluding carboxylic acids is 1. The number of ether oxygens (including phenoxy) is 1. The highest BCUT2D eigenvalue weighted by molar-refractivity contribution is 5.79. The number of rotatable bonds is 8. The van der Waals surface area contributed by atoms with Gasteiger partial charge in [0.2, 0.25) is 5.91 Å². The van der Waals surface area contributed by atoms with Crippen LogP contribution in [0, 0.1) is 0 Å². The van der Waals surface area contributed by atoms with Crippen LogP contribution in [0.1, 0.15) is 31.7 Å². The molecule has 0 spiro atoms. The van der Waals surface area contributed by atoms with Crippen LogP contribution >= 0.6 is 0 Å². The van der Waals surface area contributed by atoms with Crippen LogP contribution < -0.4 is 10.1 Å². The van der Waals surface area contributed by atoms with E-state index in [1.54, 1.807) is 7.11 Å². The van der Waals surface area contributed by atoms with Crippen molar-refractivity contribution in [2.75, 3.05) is 20.2 Å². The van der Waals surface area contributed by atoms with Gasteiger partial charge in [-0.1, -0.05) is 19.1 Å². The molecule has 1 saturated carbocycles. The lowest BCUT2D eigenvalue weighted by Gasteiger charge is -2.23. The first kappa shape index (κ1) is 14.9. The first-order chi connectivity index (χ1) is 9.74. The topological polar surface area (TPSA) is 41.6 Å². The van der Waals surface area contributed by atoms with E-state index in [1.807, 2.05) is 29.2 Å². The Morgan fingerprint density at radius 3 is 2.60 bits per heavy atom. The summed E-state index contributed by atoms with van der Waals surface area (Å²) < 4.78 is 5.16. The summed E-state index contributed by atoms with van der Waals surface area (Å²) in [6.45, 7) is 4.14. The predicted octanol–water partition coefficient (Wildman–Crippen LogP) is 2.19. The number of amides is 1. The lowest BCUT2D eigenvalue weighted by molar-refractivity contribution is -0.131. The predicted molar refractivity (Wildman–Crippen MR) is 79.7 cm³/mol. The molecule has 0 heterocycles. The Hall–Kier alpha value is -1.55. The molecule has 0 radical (unpaired) electrons. The van der Waals surface area contributed by atoms with E-state index >= 15 is 0 Å². The SMILES string of the molecule is CCCNCC(=O)N(Cc1ccc(OC)cc1)C1CC1. The minimum absolute atomic E-state index is 0.205. The van der Waals surface area contributed by atoms with E-state index in [-0.39, 0.29) is 5.91 Å². The van der Waals surface area contributed by atoms with Gasteiger partial charge in [0.25, 0.3) is 0 Å². The highest BCUT2D eigenvalue weighted by Crippen LogP contribution is 2.28. The minimum Gasteiger partial charge on any atom is -0.497 e. The van der Waals surface area contributed by atoms with Gasteiger partial charge >= 0.3 is 0 Å². The standard InChI is InChI=1S/C16H24N2O2/c1-3-10-17-11-16(19)18(14-6-7-14)12-13-4-8-15(20-2)9-5-13/h4-5,8-9,14,17H,3,6-7,10-12H2,1-2H3. The van der Waals surface area contributed by atoms with E-state index in [1.165, 1.54) is 0 Å². The summed E-state index contributed by atoms with van der Waals surface area (Å²) in [6, 6.07) is 8.38. The molecule has 0 aromatic heterocycles. The molecule has 1 amide bonds. The molecule has 0 bridgehead atoms. The van der Waals surface area contributed by atoms with Crippen molar-refractivity contribution in [2.24, 2.45) is 0 Å². The molecule has 20 heavy (non-hydrogen) atoms. The normalized spacial score (nSPS) is 14.1. The summed E-state index contributed by atoms with van der Waals surface area (Å²) in [5.74, 6) is 1.06. The van der Waals surface area contributed by atoms with E-state index in [0.29, 0.717) is 19.1 Å². The first-order valence-electron chi connectivity index (χ1n) is 7.37. The largest absolute Gasteiger partial charge is 0.497 e. The molecule has 0 saturated heterocycles. The smallest absolute Gasteiger partial charge is 0.237 e. The molecule has 1 aromatic carbocycles.